The maximum absolute atomic E-state index is 12.2. The molecule has 0 spiro atoms. The van der Waals surface area contributed by atoms with Gasteiger partial charge in [-0.1, -0.05) is 36.4 Å². The van der Waals surface area contributed by atoms with Gasteiger partial charge < -0.3 is 14.9 Å². The summed E-state index contributed by atoms with van der Waals surface area (Å²) < 4.78 is 4.80. The van der Waals surface area contributed by atoms with Crippen molar-refractivity contribution in [1.29, 1.82) is 0 Å². The van der Waals surface area contributed by atoms with E-state index in [0.717, 1.165) is 0 Å². The van der Waals surface area contributed by atoms with Crippen LogP contribution in [0.15, 0.2) is 48.5 Å². The Balaban J connectivity index is 2.23. The quantitative estimate of drug-likeness (QED) is 0.608. The zero-order valence-electron chi connectivity index (χ0n) is 13.0. The van der Waals surface area contributed by atoms with Crippen molar-refractivity contribution in [3.05, 3.63) is 70.8 Å². The lowest BCUT2D eigenvalue weighted by Gasteiger charge is -2.09. The minimum atomic E-state index is -1.13. The first-order valence-electron chi connectivity index (χ1n) is 7.24. The second kappa shape index (κ2) is 7.87. The van der Waals surface area contributed by atoms with Crippen molar-refractivity contribution >= 4 is 23.9 Å². The molecule has 0 unspecified atom stereocenters. The molecule has 0 fully saturated rings. The molecule has 2 aromatic carbocycles. The number of rotatable bonds is 6. The number of carboxylic acid groups (broad SMARTS) is 2. The van der Waals surface area contributed by atoms with Gasteiger partial charge in [-0.3, -0.25) is 9.59 Å². The van der Waals surface area contributed by atoms with Crippen LogP contribution in [-0.2, 0) is 27.2 Å². The number of ether oxygens (including phenoxy) is 1. The Morgan fingerprint density at radius 3 is 1.40 bits per heavy atom. The smallest absolute Gasteiger partial charge is 0.346 e. The summed E-state index contributed by atoms with van der Waals surface area (Å²) in [5.74, 6) is -4.24. The topological polar surface area (TPSA) is 118 Å². The number of aliphatic carboxylic acids is 2. The summed E-state index contributed by atoms with van der Waals surface area (Å²) in [6, 6.07) is 11.8. The number of carbonyl (C=O) groups is 4. The van der Waals surface area contributed by atoms with Crippen molar-refractivity contribution in [2.75, 3.05) is 0 Å². The summed E-state index contributed by atoms with van der Waals surface area (Å²) >= 11 is 0. The van der Waals surface area contributed by atoms with Gasteiger partial charge in [0.2, 0.25) is 0 Å². The van der Waals surface area contributed by atoms with Gasteiger partial charge in [0, 0.05) is 0 Å². The van der Waals surface area contributed by atoms with E-state index in [4.69, 9.17) is 14.9 Å². The van der Waals surface area contributed by atoms with Crippen molar-refractivity contribution < 1.29 is 34.1 Å². The van der Waals surface area contributed by atoms with Gasteiger partial charge in [0.25, 0.3) is 0 Å². The number of hydrogen-bond donors (Lipinski definition) is 2. The summed E-state index contributed by atoms with van der Waals surface area (Å²) in [6.07, 6.45) is -0.788. The fourth-order valence-electron chi connectivity index (χ4n) is 2.27. The molecule has 2 aromatic rings. The van der Waals surface area contributed by atoms with Crippen LogP contribution in [-0.4, -0.2) is 34.1 Å². The monoisotopic (exact) mass is 342 g/mol. The van der Waals surface area contributed by atoms with E-state index in [1.165, 1.54) is 36.4 Å². The first kappa shape index (κ1) is 17.9. The number of benzene rings is 2. The predicted molar refractivity (Wildman–Crippen MR) is 85.3 cm³/mol. The first-order chi connectivity index (χ1) is 11.9. The number of carboxylic acids is 2. The second-order valence-electron chi connectivity index (χ2n) is 5.13. The van der Waals surface area contributed by atoms with Crippen LogP contribution in [0.4, 0.5) is 0 Å². The van der Waals surface area contributed by atoms with Gasteiger partial charge in [-0.15, -0.1) is 0 Å². The maximum atomic E-state index is 12.2. The van der Waals surface area contributed by atoms with Gasteiger partial charge >= 0.3 is 23.9 Å². The van der Waals surface area contributed by atoms with E-state index in [9.17, 15) is 19.2 Å². The molecule has 0 atom stereocenters. The minimum Gasteiger partial charge on any atom is -0.481 e. The Hall–Kier alpha value is -3.48. The maximum Gasteiger partial charge on any atom is 0.346 e. The molecule has 0 bridgehead atoms. The summed E-state index contributed by atoms with van der Waals surface area (Å²) in [5.41, 5.74) is 0.362. The van der Waals surface area contributed by atoms with Crippen LogP contribution in [0.1, 0.15) is 31.8 Å². The fourth-order valence-corrected chi connectivity index (χ4v) is 2.27. The Kier molecular flexibility index (Phi) is 5.62. The molecule has 7 heteroatoms. The molecule has 0 radical (unpaired) electrons. The van der Waals surface area contributed by atoms with Gasteiger partial charge in [0.05, 0.1) is 24.0 Å². The standard InChI is InChI=1S/C18H14O7/c19-15(20)9-11-5-1-3-7-13(11)17(23)25-18(24)14-8-4-2-6-12(14)10-16(21)22/h1-8H,9-10H2,(H,19,20)(H,21,22). The normalized spacial score (nSPS) is 10.1. The molecule has 25 heavy (non-hydrogen) atoms. The number of hydrogen-bond acceptors (Lipinski definition) is 5. The lowest BCUT2D eigenvalue weighted by atomic mass is 10.0. The van der Waals surface area contributed by atoms with Gasteiger partial charge in [0.15, 0.2) is 0 Å². The summed E-state index contributed by atoms with van der Waals surface area (Å²) in [6.45, 7) is 0. The molecular formula is C18H14O7. The highest BCUT2D eigenvalue weighted by Gasteiger charge is 2.21. The van der Waals surface area contributed by atoms with E-state index in [1.807, 2.05) is 0 Å². The Bertz CT molecular complexity index is 769. The molecule has 0 aliphatic carbocycles. The molecule has 128 valence electrons. The second-order valence-corrected chi connectivity index (χ2v) is 5.13. The third-order valence-electron chi connectivity index (χ3n) is 3.34. The zero-order valence-corrected chi connectivity index (χ0v) is 13.0. The van der Waals surface area contributed by atoms with Gasteiger partial charge in [-0.05, 0) is 23.3 Å². The molecule has 0 aliphatic heterocycles. The van der Waals surface area contributed by atoms with Crippen LogP contribution < -0.4 is 0 Å². The van der Waals surface area contributed by atoms with E-state index in [1.54, 1.807) is 12.1 Å². The number of esters is 2. The molecule has 2 N–H and O–H groups in total. The van der Waals surface area contributed by atoms with Crippen molar-refractivity contribution in [2.24, 2.45) is 0 Å². The highest BCUT2D eigenvalue weighted by atomic mass is 16.6. The van der Waals surface area contributed by atoms with Crippen LogP contribution in [0, 0.1) is 0 Å². The van der Waals surface area contributed by atoms with Crippen LogP contribution in [0.25, 0.3) is 0 Å². The largest absolute Gasteiger partial charge is 0.481 e. The molecule has 0 saturated heterocycles. The Morgan fingerprint density at radius 1 is 0.680 bits per heavy atom. The highest BCUT2D eigenvalue weighted by Crippen LogP contribution is 2.15. The lowest BCUT2D eigenvalue weighted by molar-refractivity contribution is -0.137. The van der Waals surface area contributed by atoms with E-state index >= 15 is 0 Å². The van der Waals surface area contributed by atoms with Crippen molar-refractivity contribution in [2.45, 2.75) is 12.8 Å². The van der Waals surface area contributed by atoms with E-state index in [0.29, 0.717) is 0 Å². The van der Waals surface area contributed by atoms with E-state index < -0.39 is 36.7 Å². The van der Waals surface area contributed by atoms with Gasteiger partial charge in [-0.2, -0.15) is 0 Å². The Labute approximate surface area is 142 Å². The first-order valence-corrected chi connectivity index (χ1v) is 7.24. The highest BCUT2D eigenvalue weighted by molar-refractivity contribution is 6.04. The molecule has 0 amide bonds. The van der Waals surface area contributed by atoms with Crippen LogP contribution in [0.3, 0.4) is 0 Å². The van der Waals surface area contributed by atoms with E-state index in [2.05, 4.69) is 0 Å². The molecule has 0 saturated carbocycles. The molecular weight excluding hydrogens is 328 g/mol. The van der Waals surface area contributed by atoms with Crippen molar-refractivity contribution in [3.8, 4) is 0 Å². The third-order valence-corrected chi connectivity index (χ3v) is 3.34. The van der Waals surface area contributed by atoms with Gasteiger partial charge in [0.1, 0.15) is 0 Å². The SMILES string of the molecule is O=C(O)Cc1ccccc1C(=O)OC(=O)c1ccccc1CC(=O)O. The molecule has 2 rings (SSSR count). The van der Waals surface area contributed by atoms with Crippen LogP contribution in [0.2, 0.25) is 0 Å². The third kappa shape index (κ3) is 4.74. The molecule has 7 nitrogen and oxygen atoms in total. The summed E-state index contributed by atoms with van der Waals surface area (Å²) in [4.78, 5) is 46.1. The minimum absolute atomic E-state index is 0.0334. The summed E-state index contributed by atoms with van der Waals surface area (Å²) in [7, 11) is 0. The van der Waals surface area contributed by atoms with E-state index in [-0.39, 0.29) is 22.3 Å². The van der Waals surface area contributed by atoms with Crippen LogP contribution in [0.5, 0.6) is 0 Å². The average Bonchev–Trinajstić information content (AvgIpc) is 2.54. The predicted octanol–water partition coefficient (Wildman–Crippen LogP) is 1.94. The van der Waals surface area contributed by atoms with Crippen molar-refractivity contribution in [3.63, 3.8) is 0 Å². The number of carbonyl (C=O) groups excluding carboxylic acids is 2. The van der Waals surface area contributed by atoms with Crippen LogP contribution >= 0.6 is 0 Å². The zero-order chi connectivity index (χ0) is 18.4. The fraction of sp³-hybridized carbons (Fsp3) is 0.111. The molecule has 0 aliphatic rings. The molecule has 0 heterocycles. The average molecular weight is 342 g/mol. The summed E-state index contributed by atoms with van der Waals surface area (Å²) in [5, 5.41) is 17.8. The lowest BCUT2D eigenvalue weighted by Crippen LogP contribution is -2.17. The van der Waals surface area contributed by atoms with Gasteiger partial charge in [-0.25, -0.2) is 9.59 Å². The Morgan fingerprint density at radius 2 is 1.04 bits per heavy atom. The molecule has 0 aromatic heterocycles. The van der Waals surface area contributed by atoms with Crippen molar-refractivity contribution in [1.82, 2.24) is 0 Å².